The summed E-state index contributed by atoms with van der Waals surface area (Å²) in [6.07, 6.45) is 12.1. The van der Waals surface area contributed by atoms with Gasteiger partial charge in [-0.25, -0.2) is 4.98 Å². The van der Waals surface area contributed by atoms with Gasteiger partial charge in [0.1, 0.15) is 10.5 Å². The van der Waals surface area contributed by atoms with Crippen LogP contribution in [-0.4, -0.2) is 9.97 Å². The van der Waals surface area contributed by atoms with Crippen LogP contribution < -0.4 is 0 Å². The lowest BCUT2D eigenvalue weighted by Gasteiger charge is -2.19. The smallest absolute Gasteiger partial charge is 0.130 e. The zero-order chi connectivity index (χ0) is 12.4. The van der Waals surface area contributed by atoms with Crippen molar-refractivity contribution in [2.75, 3.05) is 0 Å². The molecule has 98 valence electrons. The molecule has 0 bridgehead atoms. The summed E-state index contributed by atoms with van der Waals surface area (Å²) in [6.45, 7) is 0. The van der Waals surface area contributed by atoms with Gasteiger partial charge in [-0.15, -0.1) is 0 Å². The van der Waals surface area contributed by atoms with Gasteiger partial charge in [-0.05, 0) is 37.7 Å². The van der Waals surface area contributed by atoms with E-state index in [1.807, 2.05) is 0 Å². The first-order chi connectivity index (χ1) is 8.83. The zero-order valence-corrected chi connectivity index (χ0v) is 11.8. The van der Waals surface area contributed by atoms with Crippen LogP contribution >= 0.6 is 12.2 Å². The van der Waals surface area contributed by atoms with Crippen LogP contribution in [0.5, 0.6) is 0 Å². The highest BCUT2D eigenvalue weighted by Gasteiger charge is 2.25. The molecule has 0 aliphatic heterocycles. The van der Waals surface area contributed by atoms with Crippen molar-refractivity contribution < 1.29 is 0 Å². The lowest BCUT2D eigenvalue weighted by molar-refractivity contribution is 0.441. The van der Waals surface area contributed by atoms with E-state index in [4.69, 9.17) is 12.2 Å². The fourth-order valence-corrected chi connectivity index (χ4v) is 3.26. The topological polar surface area (TPSA) is 28.7 Å². The fraction of sp³-hybridized carbons (Fsp3) is 0.733. The Morgan fingerprint density at radius 3 is 2.28 bits per heavy atom. The molecule has 2 aliphatic rings. The van der Waals surface area contributed by atoms with Crippen LogP contribution in [0.2, 0.25) is 0 Å². The first-order valence-electron chi connectivity index (χ1n) is 7.44. The number of hydrogen-bond donors (Lipinski definition) is 1. The molecule has 0 amide bonds. The molecule has 1 heterocycles. The van der Waals surface area contributed by atoms with Crippen molar-refractivity contribution in [3.05, 3.63) is 22.2 Å². The second-order valence-corrected chi connectivity index (χ2v) is 6.29. The summed E-state index contributed by atoms with van der Waals surface area (Å²) < 4.78 is 0.785. The number of rotatable bonds is 2. The van der Waals surface area contributed by atoms with Crippen LogP contribution in [0.15, 0.2) is 6.07 Å². The van der Waals surface area contributed by atoms with Crippen molar-refractivity contribution in [3.63, 3.8) is 0 Å². The number of H-pyrrole nitrogens is 1. The van der Waals surface area contributed by atoms with E-state index in [1.54, 1.807) is 0 Å². The molecule has 0 aromatic carbocycles. The first-order valence-corrected chi connectivity index (χ1v) is 7.85. The predicted octanol–water partition coefficient (Wildman–Crippen LogP) is 4.84. The lowest BCUT2D eigenvalue weighted by Crippen LogP contribution is -2.08. The van der Waals surface area contributed by atoms with Gasteiger partial charge in [-0.1, -0.05) is 44.3 Å². The number of nitrogens with one attached hydrogen (secondary N) is 1. The van der Waals surface area contributed by atoms with Gasteiger partial charge in [-0.3, -0.25) is 0 Å². The van der Waals surface area contributed by atoms with Gasteiger partial charge in [0, 0.05) is 11.6 Å². The summed E-state index contributed by atoms with van der Waals surface area (Å²) in [4.78, 5) is 8.19. The number of aromatic nitrogens is 2. The maximum Gasteiger partial charge on any atom is 0.130 e. The number of nitrogens with zero attached hydrogens (tertiary/aromatic N) is 1. The average Bonchev–Trinajstić information content (AvgIpc) is 3.11. The minimum atomic E-state index is 0.616. The van der Waals surface area contributed by atoms with E-state index in [1.165, 1.54) is 69.3 Å². The largest absolute Gasteiger partial charge is 0.347 e. The normalized spacial score (nSPS) is 22.4. The number of hydrogen-bond acceptors (Lipinski definition) is 2. The third-order valence-corrected chi connectivity index (χ3v) is 4.50. The molecule has 2 saturated carbocycles. The van der Waals surface area contributed by atoms with Crippen LogP contribution in [0.4, 0.5) is 0 Å². The Kier molecular flexibility index (Phi) is 3.78. The molecule has 3 heteroatoms. The highest BCUT2D eigenvalue weighted by molar-refractivity contribution is 7.71. The predicted molar refractivity (Wildman–Crippen MR) is 76.5 cm³/mol. The Labute approximate surface area is 114 Å². The van der Waals surface area contributed by atoms with E-state index >= 15 is 0 Å². The van der Waals surface area contributed by atoms with Crippen molar-refractivity contribution in [2.45, 2.75) is 69.6 Å². The van der Waals surface area contributed by atoms with Crippen molar-refractivity contribution >= 4 is 12.2 Å². The molecular weight excluding hydrogens is 240 g/mol. The Bertz CT molecular complexity index is 454. The standard InChI is InChI=1S/C15H22N2S/c18-14-10-13(11-8-9-11)16-15(17-14)12-6-4-2-1-3-5-7-12/h10-12H,1-9H2,(H,16,17,18). The maximum atomic E-state index is 5.33. The van der Waals surface area contributed by atoms with Gasteiger partial charge >= 0.3 is 0 Å². The molecule has 1 aromatic rings. The third-order valence-electron chi connectivity index (χ3n) is 4.29. The van der Waals surface area contributed by atoms with E-state index < -0.39 is 0 Å². The maximum absolute atomic E-state index is 5.33. The highest BCUT2D eigenvalue weighted by Crippen LogP contribution is 2.39. The van der Waals surface area contributed by atoms with E-state index in [-0.39, 0.29) is 0 Å². The van der Waals surface area contributed by atoms with E-state index in [0.717, 1.165) is 10.6 Å². The quantitative estimate of drug-likeness (QED) is 0.772. The molecule has 0 spiro atoms. The molecule has 0 unspecified atom stereocenters. The Morgan fingerprint density at radius 2 is 1.61 bits per heavy atom. The minimum absolute atomic E-state index is 0.616. The SMILES string of the molecule is S=c1cc(C2CC2)[nH]c(C2CCCCCCC2)n1. The van der Waals surface area contributed by atoms with E-state index in [0.29, 0.717) is 5.92 Å². The zero-order valence-electron chi connectivity index (χ0n) is 11.0. The van der Waals surface area contributed by atoms with Crippen LogP contribution in [-0.2, 0) is 0 Å². The summed E-state index contributed by atoms with van der Waals surface area (Å²) >= 11 is 5.33. The molecular formula is C15H22N2S. The van der Waals surface area contributed by atoms with Crippen LogP contribution in [0.25, 0.3) is 0 Å². The van der Waals surface area contributed by atoms with Gasteiger partial charge in [0.2, 0.25) is 0 Å². The summed E-state index contributed by atoms with van der Waals surface area (Å²) in [7, 11) is 0. The molecule has 0 atom stereocenters. The van der Waals surface area contributed by atoms with Gasteiger partial charge < -0.3 is 4.98 Å². The Morgan fingerprint density at radius 1 is 0.944 bits per heavy atom. The van der Waals surface area contributed by atoms with Gasteiger partial charge in [0.15, 0.2) is 0 Å². The van der Waals surface area contributed by atoms with E-state index in [9.17, 15) is 0 Å². The van der Waals surface area contributed by atoms with E-state index in [2.05, 4.69) is 16.0 Å². The molecule has 0 saturated heterocycles. The molecule has 18 heavy (non-hydrogen) atoms. The summed E-state index contributed by atoms with van der Waals surface area (Å²) in [5.41, 5.74) is 1.34. The van der Waals surface area contributed by atoms with Crippen LogP contribution in [0.3, 0.4) is 0 Å². The third kappa shape index (κ3) is 3.00. The van der Waals surface area contributed by atoms with Crippen LogP contribution in [0, 0.1) is 4.64 Å². The van der Waals surface area contributed by atoms with Crippen molar-refractivity contribution in [2.24, 2.45) is 0 Å². The van der Waals surface area contributed by atoms with Crippen molar-refractivity contribution in [1.82, 2.24) is 9.97 Å². The molecule has 0 radical (unpaired) electrons. The summed E-state index contributed by atoms with van der Waals surface area (Å²) in [5, 5.41) is 0. The Hall–Kier alpha value is -0.700. The second kappa shape index (κ2) is 5.52. The molecule has 1 aromatic heterocycles. The Balaban J connectivity index is 1.82. The second-order valence-electron chi connectivity index (χ2n) is 5.88. The monoisotopic (exact) mass is 262 g/mol. The highest BCUT2D eigenvalue weighted by atomic mass is 32.1. The molecule has 2 aliphatic carbocycles. The molecule has 2 nitrogen and oxygen atoms in total. The molecule has 1 N–H and O–H groups in total. The number of aromatic amines is 1. The minimum Gasteiger partial charge on any atom is -0.347 e. The summed E-state index contributed by atoms with van der Waals surface area (Å²) in [6, 6.07) is 2.07. The lowest BCUT2D eigenvalue weighted by atomic mass is 9.90. The van der Waals surface area contributed by atoms with Crippen molar-refractivity contribution in [3.8, 4) is 0 Å². The molecule has 2 fully saturated rings. The van der Waals surface area contributed by atoms with Gasteiger partial charge in [0.05, 0.1) is 0 Å². The summed E-state index contributed by atoms with van der Waals surface area (Å²) in [5.74, 6) is 2.53. The molecule has 3 rings (SSSR count). The van der Waals surface area contributed by atoms with Gasteiger partial charge in [0.25, 0.3) is 0 Å². The fourth-order valence-electron chi connectivity index (χ4n) is 3.03. The van der Waals surface area contributed by atoms with Gasteiger partial charge in [-0.2, -0.15) is 0 Å². The first kappa shape index (κ1) is 12.3. The average molecular weight is 262 g/mol. The van der Waals surface area contributed by atoms with Crippen molar-refractivity contribution in [1.29, 1.82) is 0 Å². The van der Waals surface area contributed by atoms with Crippen LogP contribution in [0.1, 0.15) is 81.1 Å².